The van der Waals surface area contributed by atoms with Crippen LogP contribution in [0.1, 0.15) is 0 Å². The van der Waals surface area contributed by atoms with Gasteiger partial charge in [0, 0.05) is 22.3 Å². The molecule has 2 aromatic rings. The van der Waals surface area contributed by atoms with Gasteiger partial charge >= 0.3 is 0 Å². The van der Waals surface area contributed by atoms with Gasteiger partial charge in [-0.3, -0.25) is 0 Å². The number of aromatic nitrogens is 2. The molecule has 0 atom stereocenters. The highest BCUT2D eigenvalue weighted by atomic mass is 35.5. The molecule has 0 aliphatic rings. The molecule has 0 amide bonds. The van der Waals surface area contributed by atoms with E-state index < -0.39 is 0 Å². The van der Waals surface area contributed by atoms with Gasteiger partial charge in [0.15, 0.2) is 0 Å². The number of anilines is 1. The number of nitrogens with zero attached hydrogens (tertiary/aromatic N) is 2. The average Bonchev–Trinajstić information content (AvgIpc) is 2.19. The van der Waals surface area contributed by atoms with Gasteiger partial charge in [-0.1, -0.05) is 29.3 Å². The first-order valence-electron chi connectivity index (χ1n) is 4.33. The minimum Gasteiger partial charge on any atom is -0.383 e. The van der Waals surface area contributed by atoms with Gasteiger partial charge in [-0.25, -0.2) is 9.97 Å². The summed E-state index contributed by atoms with van der Waals surface area (Å²) in [5, 5.41) is 1.28. The molecule has 0 bridgehead atoms. The molecule has 0 spiro atoms. The lowest BCUT2D eigenvalue weighted by molar-refractivity contribution is 0.986. The lowest BCUT2D eigenvalue weighted by atomic mass is 10.1. The van der Waals surface area contributed by atoms with Crippen LogP contribution >= 0.6 is 35.8 Å². The standard InChI is InChI=1S/C10H6Cl2N3S/c11-5-1-2-6(8(12)3-5)7-4-14-10(16)15-9(7)13/h1-4H,(H2,13,14,15). The molecule has 81 valence electrons. The molecule has 3 nitrogen and oxygen atoms in total. The van der Waals surface area contributed by atoms with Crippen LogP contribution in [0.15, 0.2) is 29.6 Å². The molecule has 0 aliphatic heterocycles. The zero-order chi connectivity index (χ0) is 11.7. The average molecular weight is 271 g/mol. The smallest absolute Gasteiger partial charge is 0.221 e. The summed E-state index contributed by atoms with van der Waals surface area (Å²) < 4.78 is 0. The molecule has 0 fully saturated rings. The summed E-state index contributed by atoms with van der Waals surface area (Å²) in [4.78, 5) is 7.82. The van der Waals surface area contributed by atoms with Gasteiger partial charge < -0.3 is 5.73 Å². The highest BCUT2D eigenvalue weighted by molar-refractivity contribution is 7.80. The number of hydrogen-bond donors (Lipinski definition) is 1. The van der Waals surface area contributed by atoms with Gasteiger partial charge in [0.25, 0.3) is 0 Å². The maximum absolute atomic E-state index is 6.05. The van der Waals surface area contributed by atoms with Crippen LogP contribution in [-0.2, 0) is 0 Å². The monoisotopic (exact) mass is 270 g/mol. The van der Waals surface area contributed by atoms with Crippen molar-refractivity contribution in [2.45, 2.75) is 5.16 Å². The van der Waals surface area contributed by atoms with Crippen LogP contribution in [0, 0.1) is 0 Å². The Kier molecular flexibility index (Phi) is 3.14. The van der Waals surface area contributed by atoms with Crippen molar-refractivity contribution in [2.75, 3.05) is 5.73 Å². The predicted octanol–water partition coefficient (Wildman–Crippen LogP) is 3.59. The fourth-order valence-electron chi connectivity index (χ4n) is 1.29. The van der Waals surface area contributed by atoms with Crippen molar-refractivity contribution in [3.63, 3.8) is 0 Å². The Balaban J connectivity index is 2.59. The minimum atomic E-state index is 0.214. The van der Waals surface area contributed by atoms with E-state index in [0.717, 1.165) is 5.56 Å². The zero-order valence-electron chi connectivity index (χ0n) is 7.95. The normalized spacial score (nSPS) is 10.4. The summed E-state index contributed by atoms with van der Waals surface area (Å²) >= 11 is 16.7. The molecule has 6 heteroatoms. The molecule has 1 aromatic heterocycles. The summed E-state index contributed by atoms with van der Waals surface area (Å²) in [5.41, 5.74) is 7.13. The lowest BCUT2D eigenvalue weighted by Gasteiger charge is -2.06. The Labute approximate surface area is 108 Å². The Bertz CT molecular complexity index is 496. The van der Waals surface area contributed by atoms with Gasteiger partial charge in [-0.15, -0.1) is 0 Å². The van der Waals surface area contributed by atoms with Crippen LogP contribution in [0.4, 0.5) is 5.82 Å². The fourth-order valence-corrected chi connectivity index (χ4v) is 1.95. The Morgan fingerprint density at radius 2 is 1.94 bits per heavy atom. The van der Waals surface area contributed by atoms with Crippen molar-refractivity contribution >= 4 is 41.6 Å². The molecule has 1 heterocycles. The van der Waals surface area contributed by atoms with Crippen LogP contribution in [0.25, 0.3) is 11.1 Å². The third-order valence-electron chi connectivity index (χ3n) is 2.02. The molecule has 0 saturated heterocycles. The third kappa shape index (κ3) is 2.19. The number of benzene rings is 1. The van der Waals surface area contributed by atoms with E-state index in [9.17, 15) is 0 Å². The molecular formula is C10H6Cl2N3S. The van der Waals surface area contributed by atoms with E-state index in [1.807, 2.05) is 0 Å². The van der Waals surface area contributed by atoms with Crippen molar-refractivity contribution in [1.29, 1.82) is 0 Å². The summed E-state index contributed by atoms with van der Waals surface area (Å²) in [6.07, 6.45) is 1.56. The molecule has 2 rings (SSSR count). The van der Waals surface area contributed by atoms with E-state index in [1.165, 1.54) is 0 Å². The molecule has 0 unspecified atom stereocenters. The van der Waals surface area contributed by atoms with Gasteiger partial charge in [0.1, 0.15) is 5.82 Å². The number of rotatable bonds is 1. The Morgan fingerprint density at radius 1 is 1.19 bits per heavy atom. The first-order chi connectivity index (χ1) is 7.58. The fraction of sp³-hybridized carbons (Fsp3) is 0. The first kappa shape index (κ1) is 11.4. The highest BCUT2D eigenvalue weighted by Crippen LogP contribution is 2.32. The summed E-state index contributed by atoms with van der Waals surface area (Å²) in [5.74, 6) is 0.309. The van der Waals surface area contributed by atoms with Gasteiger partial charge in [0.2, 0.25) is 5.16 Å². The lowest BCUT2D eigenvalue weighted by Crippen LogP contribution is -1.97. The number of halogens is 2. The van der Waals surface area contributed by atoms with E-state index in [2.05, 4.69) is 9.97 Å². The molecular weight excluding hydrogens is 265 g/mol. The van der Waals surface area contributed by atoms with Crippen molar-refractivity contribution < 1.29 is 0 Å². The van der Waals surface area contributed by atoms with Crippen molar-refractivity contribution in [2.24, 2.45) is 0 Å². The third-order valence-corrected chi connectivity index (χ3v) is 2.76. The topological polar surface area (TPSA) is 51.8 Å². The quantitative estimate of drug-likeness (QED) is 0.806. The summed E-state index contributed by atoms with van der Waals surface area (Å²) in [6, 6.07) is 5.13. The van der Waals surface area contributed by atoms with Gasteiger partial charge in [0.05, 0.1) is 5.02 Å². The van der Waals surface area contributed by atoms with Crippen LogP contribution in [0.3, 0.4) is 0 Å². The van der Waals surface area contributed by atoms with Gasteiger partial charge in [-0.05, 0) is 24.8 Å². The SMILES string of the molecule is Nc1nc([S])ncc1-c1ccc(Cl)cc1Cl. The van der Waals surface area contributed by atoms with E-state index in [4.69, 9.17) is 41.6 Å². The van der Waals surface area contributed by atoms with Crippen molar-refractivity contribution in [3.05, 3.63) is 34.4 Å². The largest absolute Gasteiger partial charge is 0.383 e. The molecule has 1 radical (unpaired) electrons. The number of hydrogen-bond acceptors (Lipinski definition) is 3. The second-order valence-electron chi connectivity index (χ2n) is 3.08. The Morgan fingerprint density at radius 3 is 2.56 bits per heavy atom. The maximum Gasteiger partial charge on any atom is 0.221 e. The second-order valence-corrected chi connectivity index (χ2v) is 4.28. The van der Waals surface area contributed by atoms with Crippen LogP contribution in [-0.4, -0.2) is 9.97 Å². The van der Waals surface area contributed by atoms with Crippen molar-refractivity contribution in [3.8, 4) is 11.1 Å². The zero-order valence-corrected chi connectivity index (χ0v) is 10.3. The molecule has 16 heavy (non-hydrogen) atoms. The summed E-state index contributed by atoms with van der Waals surface area (Å²) in [6.45, 7) is 0. The van der Waals surface area contributed by atoms with E-state index in [-0.39, 0.29) is 5.16 Å². The van der Waals surface area contributed by atoms with Crippen LogP contribution < -0.4 is 5.73 Å². The predicted molar refractivity (Wildman–Crippen MR) is 67.8 cm³/mol. The van der Waals surface area contributed by atoms with Crippen LogP contribution in [0.2, 0.25) is 10.0 Å². The highest BCUT2D eigenvalue weighted by Gasteiger charge is 2.09. The first-order valence-corrected chi connectivity index (χ1v) is 5.49. The molecule has 2 N–H and O–H groups in total. The maximum atomic E-state index is 6.05. The molecule has 0 saturated carbocycles. The number of nitrogens with two attached hydrogens (primary N) is 1. The number of nitrogen functional groups attached to an aromatic ring is 1. The Hall–Kier alpha value is -1.10. The van der Waals surface area contributed by atoms with E-state index in [0.29, 0.717) is 21.4 Å². The molecule has 0 aliphatic carbocycles. The van der Waals surface area contributed by atoms with Crippen molar-refractivity contribution in [1.82, 2.24) is 9.97 Å². The van der Waals surface area contributed by atoms with E-state index >= 15 is 0 Å². The second kappa shape index (κ2) is 4.41. The molecule has 1 aromatic carbocycles. The van der Waals surface area contributed by atoms with Gasteiger partial charge in [-0.2, -0.15) is 0 Å². The summed E-state index contributed by atoms with van der Waals surface area (Å²) in [7, 11) is 0. The van der Waals surface area contributed by atoms with E-state index in [1.54, 1.807) is 24.4 Å². The minimum absolute atomic E-state index is 0.214. The van der Waals surface area contributed by atoms with Crippen LogP contribution in [0.5, 0.6) is 0 Å².